The second-order valence-corrected chi connectivity index (χ2v) is 9.98. The van der Waals surface area contributed by atoms with Gasteiger partial charge in [0.1, 0.15) is 5.75 Å². The van der Waals surface area contributed by atoms with Gasteiger partial charge in [0.2, 0.25) is 15.9 Å². The van der Waals surface area contributed by atoms with E-state index in [2.05, 4.69) is 5.32 Å². The Bertz CT molecular complexity index is 970. The van der Waals surface area contributed by atoms with Gasteiger partial charge in [0, 0.05) is 24.0 Å². The molecule has 1 atom stereocenters. The van der Waals surface area contributed by atoms with E-state index in [4.69, 9.17) is 16.3 Å². The average molecular weight is 465 g/mol. The third-order valence-electron chi connectivity index (χ3n) is 5.59. The molecule has 1 N–H and O–H groups in total. The zero-order chi connectivity index (χ0) is 22.4. The Hall–Kier alpha value is -2.09. The molecule has 1 fully saturated rings. The normalized spacial score (nSPS) is 16.6. The van der Waals surface area contributed by atoms with Crippen LogP contribution in [0.15, 0.2) is 53.4 Å². The minimum absolute atomic E-state index is 0.0279. The number of benzene rings is 2. The van der Waals surface area contributed by atoms with Gasteiger partial charge in [-0.1, -0.05) is 30.7 Å². The maximum absolute atomic E-state index is 12.9. The van der Waals surface area contributed by atoms with Gasteiger partial charge in [-0.15, -0.1) is 0 Å². The molecule has 2 aromatic rings. The number of carbonyl (C=O) groups excluding carboxylic acids is 1. The molecule has 0 saturated carbocycles. The second-order valence-electron chi connectivity index (χ2n) is 7.60. The van der Waals surface area contributed by atoms with Gasteiger partial charge in [-0.2, -0.15) is 4.31 Å². The lowest BCUT2D eigenvalue weighted by Gasteiger charge is -2.31. The summed E-state index contributed by atoms with van der Waals surface area (Å²) in [5, 5.41) is 3.77. The number of amides is 1. The van der Waals surface area contributed by atoms with E-state index < -0.39 is 10.0 Å². The Labute approximate surface area is 189 Å². The van der Waals surface area contributed by atoms with Gasteiger partial charge in [0.05, 0.1) is 17.5 Å². The summed E-state index contributed by atoms with van der Waals surface area (Å²) in [6, 6.07) is 13.8. The first-order chi connectivity index (χ1) is 14.8. The molecule has 6 nitrogen and oxygen atoms in total. The number of carbonyl (C=O) groups is 1. The third-order valence-corrected chi connectivity index (χ3v) is 7.76. The van der Waals surface area contributed by atoms with Crippen LogP contribution in [0.2, 0.25) is 5.02 Å². The number of rotatable bonds is 8. The van der Waals surface area contributed by atoms with E-state index in [-0.39, 0.29) is 22.8 Å². The van der Waals surface area contributed by atoms with Crippen molar-refractivity contribution in [2.45, 2.75) is 44.0 Å². The summed E-state index contributed by atoms with van der Waals surface area (Å²) in [5.41, 5.74) is 1.01. The average Bonchev–Trinajstić information content (AvgIpc) is 2.78. The highest BCUT2D eigenvalue weighted by Gasteiger charge is 2.32. The molecule has 0 bridgehead atoms. The van der Waals surface area contributed by atoms with Crippen molar-refractivity contribution in [1.29, 1.82) is 0 Å². The zero-order valence-electron chi connectivity index (χ0n) is 17.9. The summed E-state index contributed by atoms with van der Waals surface area (Å²) < 4.78 is 32.7. The van der Waals surface area contributed by atoms with Gasteiger partial charge in [0.15, 0.2) is 0 Å². The summed E-state index contributed by atoms with van der Waals surface area (Å²) in [6.07, 6.45) is 1.76. The molecule has 1 saturated heterocycles. The minimum atomic E-state index is -3.58. The van der Waals surface area contributed by atoms with Crippen LogP contribution < -0.4 is 10.1 Å². The third kappa shape index (κ3) is 5.79. The molecule has 1 amide bonds. The predicted octanol–water partition coefficient (Wildman–Crippen LogP) is 4.41. The van der Waals surface area contributed by atoms with Crippen LogP contribution >= 0.6 is 11.6 Å². The van der Waals surface area contributed by atoms with E-state index in [0.29, 0.717) is 43.3 Å². The van der Waals surface area contributed by atoms with Crippen molar-refractivity contribution in [3.63, 3.8) is 0 Å². The summed E-state index contributed by atoms with van der Waals surface area (Å²) >= 11 is 5.96. The van der Waals surface area contributed by atoms with Crippen LogP contribution in [0.4, 0.5) is 0 Å². The predicted molar refractivity (Wildman–Crippen MR) is 122 cm³/mol. The first-order valence-corrected chi connectivity index (χ1v) is 12.5. The Balaban J connectivity index is 1.58. The summed E-state index contributed by atoms with van der Waals surface area (Å²) in [5.74, 6) is 0.413. The summed E-state index contributed by atoms with van der Waals surface area (Å²) in [7, 11) is -3.58. The van der Waals surface area contributed by atoms with E-state index >= 15 is 0 Å². The molecule has 3 rings (SSSR count). The Kier molecular flexibility index (Phi) is 7.97. The van der Waals surface area contributed by atoms with Crippen molar-refractivity contribution in [2.24, 2.45) is 5.92 Å². The number of nitrogens with zero attached hydrogens (tertiary/aromatic N) is 1. The van der Waals surface area contributed by atoms with Crippen LogP contribution in [0, 0.1) is 5.92 Å². The fourth-order valence-corrected chi connectivity index (χ4v) is 5.38. The Morgan fingerprint density at radius 1 is 1.10 bits per heavy atom. The van der Waals surface area contributed by atoms with Crippen LogP contribution in [0.25, 0.3) is 0 Å². The van der Waals surface area contributed by atoms with Crippen molar-refractivity contribution in [3.05, 3.63) is 59.1 Å². The lowest BCUT2D eigenvalue weighted by molar-refractivity contribution is -0.126. The second kappa shape index (κ2) is 10.5. The molecule has 2 aromatic carbocycles. The van der Waals surface area contributed by atoms with Crippen molar-refractivity contribution in [3.8, 4) is 5.75 Å². The van der Waals surface area contributed by atoms with Crippen molar-refractivity contribution >= 4 is 27.5 Å². The fraction of sp³-hybridized carbons (Fsp3) is 0.435. The summed E-state index contributed by atoms with van der Waals surface area (Å²) in [6.45, 7) is 5.07. The lowest BCUT2D eigenvalue weighted by atomic mass is 9.96. The lowest BCUT2D eigenvalue weighted by Crippen LogP contribution is -2.43. The summed E-state index contributed by atoms with van der Waals surface area (Å²) in [4.78, 5) is 13.1. The van der Waals surface area contributed by atoms with Gasteiger partial charge in [0.25, 0.3) is 0 Å². The van der Waals surface area contributed by atoms with Gasteiger partial charge in [-0.05, 0) is 68.1 Å². The van der Waals surface area contributed by atoms with E-state index in [9.17, 15) is 13.2 Å². The molecule has 1 aliphatic heterocycles. The van der Waals surface area contributed by atoms with Gasteiger partial charge < -0.3 is 10.1 Å². The van der Waals surface area contributed by atoms with Crippen LogP contribution in [0.3, 0.4) is 0 Å². The van der Waals surface area contributed by atoms with Crippen LogP contribution in [0.5, 0.6) is 5.75 Å². The highest BCUT2D eigenvalue weighted by Crippen LogP contribution is 2.26. The monoisotopic (exact) mass is 464 g/mol. The standard InChI is InChI=1S/C23H29ClN2O4S/c1-3-22(17-5-7-19(24)8-6-17)25-23(27)18-13-15-26(16-14-18)31(28,29)21-11-9-20(10-12-21)30-4-2/h5-12,18,22H,3-4,13-16H2,1-2H3,(H,25,27). The number of halogens is 1. The van der Waals surface area contributed by atoms with Crippen LogP contribution in [0.1, 0.15) is 44.7 Å². The number of sulfonamides is 1. The molecule has 0 aliphatic carbocycles. The van der Waals surface area contributed by atoms with Gasteiger partial charge in [-0.3, -0.25) is 4.79 Å². The first-order valence-electron chi connectivity index (χ1n) is 10.6. The smallest absolute Gasteiger partial charge is 0.243 e. The highest BCUT2D eigenvalue weighted by atomic mass is 35.5. The van der Waals surface area contributed by atoms with Gasteiger partial charge >= 0.3 is 0 Å². The molecule has 0 aromatic heterocycles. The SMILES string of the molecule is CCOc1ccc(S(=O)(=O)N2CCC(C(=O)NC(CC)c3ccc(Cl)cc3)CC2)cc1. The van der Waals surface area contributed by atoms with E-state index in [1.807, 2.05) is 38.1 Å². The molecule has 1 aliphatic rings. The van der Waals surface area contributed by atoms with Crippen LogP contribution in [-0.4, -0.2) is 38.3 Å². The van der Waals surface area contributed by atoms with Crippen molar-refractivity contribution < 1.29 is 17.9 Å². The van der Waals surface area contributed by atoms with E-state index in [0.717, 1.165) is 12.0 Å². The number of hydrogen-bond acceptors (Lipinski definition) is 4. The molecule has 1 unspecified atom stereocenters. The molecular weight excluding hydrogens is 436 g/mol. The topological polar surface area (TPSA) is 75.7 Å². The quantitative estimate of drug-likeness (QED) is 0.628. The molecule has 168 valence electrons. The molecule has 8 heteroatoms. The van der Waals surface area contributed by atoms with Crippen molar-refractivity contribution in [2.75, 3.05) is 19.7 Å². The number of ether oxygens (including phenoxy) is 1. The number of nitrogens with one attached hydrogen (secondary N) is 1. The number of piperidine rings is 1. The van der Waals surface area contributed by atoms with E-state index in [1.54, 1.807) is 24.3 Å². The number of hydrogen-bond donors (Lipinski definition) is 1. The molecular formula is C23H29ClN2O4S. The Morgan fingerprint density at radius 3 is 2.26 bits per heavy atom. The molecule has 31 heavy (non-hydrogen) atoms. The molecule has 0 radical (unpaired) electrons. The maximum Gasteiger partial charge on any atom is 0.243 e. The maximum atomic E-state index is 12.9. The molecule has 1 heterocycles. The highest BCUT2D eigenvalue weighted by molar-refractivity contribution is 7.89. The largest absolute Gasteiger partial charge is 0.494 e. The molecule has 0 spiro atoms. The van der Waals surface area contributed by atoms with E-state index in [1.165, 1.54) is 4.31 Å². The first kappa shape index (κ1) is 23.6. The minimum Gasteiger partial charge on any atom is -0.494 e. The van der Waals surface area contributed by atoms with Gasteiger partial charge in [-0.25, -0.2) is 8.42 Å². The Morgan fingerprint density at radius 2 is 1.71 bits per heavy atom. The van der Waals surface area contributed by atoms with Crippen molar-refractivity contribution in [1.82, 2.24) is 9.62 Å². The zero-order valence-corrected chi connectivity index (χ0v) is 19.5. The van der Waals surface area contributed by atoms with Crippen LogP contribution in [-0.2, 0) is 14.8 Å². The fourth-order valence-electron chi connectivity index (χ4n) is 3.79.